The van der Waals surface area contributed by atoms with Crippen LogP contribution in [0.15, 0.2) is 12.4 Å². The molecule has 0 spiro atoms. The third-order valence-corrected chi connectivity index (χ3v) is 3.75. The molecule has 23 heavy (non-hydrogen) atoms. The maximum atomic E-state index is 12.9. The number of piperidine rings is 1. The molecule has 0 N–H and O–H groups in total. The molecular formula is C16H25FN4O2. The Morgan fingerprint density at radius 1 is 1.35 bits per heavy atom. The average Bonchev–Trinajstić information content (AvgIpc) is 2.46. The van der Waals surface area contributed by atoms with Gasteiger partial charge in [-0.1, -0.05) is 0 Å². The van der Waals surface area contributed by atoms with Gasteiger partial charge in [-0.25, -0.2) is 19.2 Å². The molecule has 2 rings (SSSR count). The van der Waals surface area contributed by atoms with E-state index in [0.717, 1.165) is 19.4 Å². The van der Waals surface area contributed by atoms with Crippen molar-refractivity contribution in [1.82, 2.24) is 14.9 Å². The standard InChI is InChI=1S/C16H25FN4O2/c1-16(2,3)23-15(22)21-7-5-12(6-8-21)11-20(4)14-18-9-13(17)10-19-14/h9-10,12H,5-8,11H2,1-4H3. The fraction of sp³-hybridized carbons (Fsp3) is 0.688. The second-order valence-corrected chi connectivity index (χ2v) is 6.99. The number of likely N-dealkylation sites (tertiary alicyclic amines) is 1. The predicted octanol–water partition coefficient (Wildman–Crippen LogP) is 2.70. The van der Waals surface area contributed by atoms with Gasteiger partial charge in [-0.3, -0.25) is 0 Å². The third kappa shape index (κ3) is 5.33. The van der Waals surface area contributed by atoms with E-state index in [1.54, 1.807) is 4.90 Å². The number of hydrogen-bond donors (Lipinski definition) is 0. The van der Waals surface area contributed by atoms with Crippen molar-refractivity contribution in [3.05, 3.63) is 18.2 Å². The summed E-state index contributed by atoms with van der Waals surface area (Å²) < 4.78 is 18.2. The quantitative estimate of drug-likeness (QED) is 0.855. The van der Waals surface area contributed by atoms with Crippen molar-refractivity contribution in [1.29, 1.82) is 0 Å². The van der Waals surface area contributed by atoms with Gasteiger partial charge < -0.3 is 14.5 Å². The van der Waals surface area contributed by atoms with Crippen molar-refractivity contribution in [3.8, 4) is 0 Å². The number of anilines is 1. The van der Waals surface area contributed by atoms with E-state index in [1.807, 2.05) is 32.7 Å². The van der Waals surface area contributed by atoms with Gasteiger partial charge >= 0.3 is 6.09 Å². The van der Waals surface area contributed by atoms with E-state index >= 15 is 0 Å². The summed E-state index contributed by atoms with van der Waals surface area (Å²) in [6, 6.07) is 0. The number of rotatable bonds is 3. The molecule has 1 fully saturated rings. The van der Waals surface area contributed by atoms with Crippen LogP contribution in [0.1, 0.15) is 33.6 Å². The number of nitrogens with zero attached hydrogens (tertiary/aromatic N) is 4. The van der Waals surface area contributed by atoms with Crippen LogP contribution in [0.4, 0.5) is 15.1 Å². The van der Waals surface area contributed by atoms with E-state index in [9.17, 15) is 9.18 Å². The van der Waals surface area contributed by atoms with Crippen LogP contribution in [-0.2, 0) is 4.74 Å². The lowest BCUT2D eigenvalue weighted by Crippen LogP contribution is -2.43. The van der Waals surface area contributed by atoms with Crippen molar-refractivity contribution >= 4 is 12.0 Å². The molecule has 2 heterocycles. The molecule has 1 amide bonds. The highest BCUT2D eigenvalue weighted by atomic mass is 19.1. The summed E-state index contributed by atoms with van der Waals surface area (Å²) >= 11 is 0. The maximum absolute atomic E-state index is 12.9. The first-order chi connectivity index (χ1) is 10.7. The minimum atomic E-state index is -0.464. The Bertz CT molecular complexity index is 522. The number of carbonyl (C=O) groups excluding carboxylic acids is 1. The van der Waals surface area contributed by atoms with Gasteiger partial charge in [-0.2, -0.15) is 0 Å². The molecule has 1 aromatic rings. The van der Waals surface area contributed by atoms with Gasteiger partial charge in [-0.05, 0) is 39.5 Å². The van der Waals surface area contributed by atoms with Gasteiger partial charge in [0.2, 0.25) is 5.95 Å². The second-order valence-electron chi connectivity index (χ2n) is 6.99. The number of hydrogen-bond acceptors (Lipinski definition) is 5. The first-order valence-electron chi connectivity index (χ1n) is 7.91. The molecular weight excluding hydrogens is 299 g/mol. The maximum Gasteiger partial charge on any atom is 0.410 e. The molecule has 1 saturated heterocycles. The van der Waals surface area contributed by atoms with Crippen LogP contribution in [0.2, 0.25) is 0 Å². The number of aromatic nitrogens is 2. The summed E-state index contributed by atoms with van der Waals surface area (Å²) in [4.78, 5) is 23.7. The largest absolute Gasteiger partial charge is 0.444 e. The first-order valence-corrected chi connectivity index (χ1v) is 7.91. The summed E-state index contributed by atoms with van der Waals surface area (Å²) in [5.74, 6) is 0.529. The number of ether oxygens (including phenoxy) is 1. The summed E-state index contributed by atoms with van der Waals surface area (Å²) in [6.45, 7) is 7.78. The van der Waals surface area contributed by atoms with E-state index < -0.39 is 11.4 Å². The topological polar surface area (TPSA) is 58.6 Å². The smallest absolute Gasteiger partial charge is 0.410 e. The molecule has 0 atom stereocenters. The zero-order valence-corrected chi connectivity index (χ0v) is 14.3. The zero-order valence-electron chi connectivity index (χ0n) is 14.3. The molecule has 6 nitrogen and oxygen atoms in total. The highest BCUT2D eigenvalue weighted by molar-refractivity contribution is 5.68. The lowest BCUT2D eigenvalue weighted by molar-refractivity contribution is 0.0186. The van der Waals surface area contributed by atoms with Crippen LogP contribution in [-0.4, -0.2) is 53.2 Å². The normalized spacial score (nSPS) is 16.3. The van der Waals surface area contributed by atoms with Crippen molar-refractivity contribution in [2.24, 2.45) is 5.92 Å². The van der Waals surface area contributed by atoms with Gasteiger partial charge in [0.05, 0.1) is 12.4 Å². The van der Waals surface area contributed by atoms with Crippen molar-refractivity contribution < 1.29 is 13.9 Å². The Hall–Kier alpha value is -1.92. The van der Waals surface area contributed by atoms with Crippen LogP contribution in [0.3, 0.4) is 0 Å². The molecule has 0 unspecified atom stereocenters. The molecule has 0 saturated carbocycles. The Labute approximate surface area is 136 Å². The van der Waals surface area contributed by atoms with E-state index in [-0.39, 0.29) is 6.09 Å². The number of amides is 1. The van der Waals surface area contributed by atoms with E-state index in [0.29, 0.717) is 25.0 Å². The highest BCUT2D eigenvalue weighted by Crippen LogP contribution is 2.21. The molecule has 0 aliphatic carbocycles. The summed E-state index contributed by atoms with van der Waals surface area (Å²) in [5.41, 5.74) is -0.464. The van der Waals surface area contributed by atoms with Crippen LogP contribution in [0, 0.1) is 11.7 Å². The van der Waals surface area contributed by atoms with Gasteiger partial charge in [-0.15, -0.1) is 0 Å². The lowest BCUT2D eigenvalue weighted by Gasteiger charge is -2.34. The summed E-state index contributed by atoms with van der Waals surface area (Å²) in [7, 11) is 1.90. The molecule has 0 radical (unpaired) electrons. The lowest BCUT2D eigenvalue weighted by atomic mass is 9.96. The van der Waals surface area contributed by atoms with Crippen molar-refractivity contribution in [2.45, 2.75) is 39.2 Å². The third-order valence-electron chi connectivity index (χ3n) is 3.75. The van der Waals surface area contributed by atoms with Crippen LogP contribution in [0.25, 0.3) is 0 Å². The van der Waals surface area contributed by atoms with Crippen molar-refractivity contribution in [3.63, 3.8) is 0 Å². The minimum Gasteiger partial charge on any atom is -0.444 e. The Morgan fingerprint density at radius 3 is 2.43 bits per heavy atom. The van der Waals surface area contributed by atoms with Gasteiger partial charge in [0, 0.05) is 26.7 Å². The molecule has 128 valence electrons. The van der Waals surface area contributed by atoms with E-state index in [2.05, 4.69) is 9.97 Å². The Morgan fingerprint density at radius 2 is 1.91 bits per heavy atom. The predicted molar refractivity (Wildman–Crippen MR) is 85.8 cm³/mol. The second kappa shape index (κ2) is 7.10. The van der Waals surface area contributed by atoms with Crippen LogP contribution >= 0.6 is 0 Å². The minimum absolute atomic E-state index is 0.244. The Kier molecular flexibility index (Phi) is 5.38. The molecule has 1 aromatic heterocycles. The monoisotopic (exact) mass is 324 g/mol. The van der Waals surface area contributed by atoms with Gasteiger partial charge in [0.1, 0.15) is 5.60 Å². The highest BCUT2D eigenvalue weighted by Gasteiger charge is 2.27. The van der Waals surface area contributed by atoms with E-state index in [4.69, 9.17) is 4.74 Å². The van der Waals surface area contributed by atoms with Gasteiger partial charge in [0.25, 0.3) is 0 Å². The molecule has 1 aliphatic rings. The molecule has 1 aliphatic heterocycles. The Balaban J connectivity index is 1.80. The average molecular weight is 324 g/mol. The first kappa shape index (κ1) is 17.4. The van der Waals surface area contributed by atoms with Crippen LogP contribution in [0.5, 0.6) is 0 Å². The van der Waals surface area contributed by atoms with Gasteiger partial charge in [0.15, 0.2) is 5.82 Å². The molecule has 0 bridgehead atoms. The number of halogens is 1. The summed E-state index contributed by atoms with van der Waals surface area (Å²) in [5, 5.41) is 0. The summed E-state index contributed by atoms with van der Waals surface area (Å²) in [6.07, 6.45) is 3.91. The fourth-order valence-electron chi connectivity index (χ4n) is 2.60. The molecule has 7 heteroatoms. The zero-order chi connectivity index (χ0) is 17.0. The number of carbonyl (C=O) groups is 1. The van der Waals surface area contributed by atoms with E-state index in [1.165, 1.54) is 12.4 Å². The van der Waals surface area contributed by atoms with Crippen LogP contribution < -0.4 is 4.90 Å². The molecule has 0 aromatic carbocycles. The SMILES string of the molecule is CN(CC1CCN(C(=O)OC(C)(C)C)CC1)c1ncc(F)cn1. The fourth-order valence-corrected chi connectivity index (χ4v) is 2.60. The van der Waals surface area contributed by atoms with Crippen molar-refractivity contribution in [2.75, 3.05) is 31.6 Å².